The van der Waals surface area contributed by atoms with Crippen molar-refractivity contribution in [2.75, 3.05) is 5.32 Å². The van der Waals surface area contributed by atoms with Gasteiger partial charge in [0.15, 0.2) is 5.13 Å². The number of nitrogens with one attached hydrogen (secondary N) is 2. The molecule has 2 aromatic rings. The molecule has 0 aromatic carbocycles. The number of hydrogen-bond acceptors (Lipinski definition) is 3. The summed E-state index contributed by atoms with van der Waals surface area (Å²) in [5.41, 5.74) is 0.509. The Bertz CT molecular complexity index is 491. The summed E-state index contributed by atoms with van der Waals surface area (Å²) in [5, 5.41) is 3.32. The minimum absolute atomic E-state index is 0.185. The molecule has 0 unspecified atom stereocenters. The molecule has 2 heterocycles. The maximum atomic E-state index is 11.6. The fourth-order valence-corrected chi connectivity index (χ4v) is 2.08. The molecule has 0 aliphatic carbocycles. The molecule has 0 bridgehead atoms. The standard InChI is InChI=1S/C9H8BrN3OS/c1-5-3-12-9(15-5)13-8(14)7-2-6(10)4-11-7/h2-4,11H,1H3,(H,12,13,14). The molecular weight excluding hydrogens is 278 g/mol. The zero-order valence-corrected chi connectivity index (χ0v) is 10.3. The Balaban J connectivity index is 2.10. The molecule has 2 rings (SSSR count). The molecule has 4 nitrogen and oxygen atoms in total. The fourth-order valence-electron chi connectivity index (χ4n) is 1.08. The molecule has 0 spiro atoms. The molecule has 0 saturated carbocycles. The summed E-state index contributed by atoms with van der Waals surface area (Å²) in [4.78, 5) is 19.6. The number of anilines is 1. The molecule has 0 saturated heterocycles. The first-order valence-electron chi connectivity index (χ1n) is 4.23. The number of nitrogens with zero attached hydrogens (tertiary/aromatic N) is 1. The minimum Gasteiger partial charge on any atom is -0.356 e. The molecule has 0 radical (unpaired) electrons. The van der Waals surface area contributed by atoms with Crippen LogP contribution in [0.4, 0.5) is 5.13 Å². The van der Waals surface area contributed by atoms with Gasteiger partial charge >= 0.3 is 0 Å². The minimum atomic E-state index is -0.185. The summed E-state index contributed by atoms with van der Waals surface area (Å²) in [5.74, 6) is -0.185. The monoisotopic (exact) mass is 285 g/mol. The van der Waals surface area contributed by atoms with E-state index in [0.29, 0.717) is 10.8 Å². The van der Waals surface area contributed by atoms with Crippen LogP contribution in [0.25, 0.3) is 0 Å². The number of aromatic nitrogens is 2. The average molecular weight is 286 g/mol. The third-order valence-corrected chi connectivity index (χ3v) is 3.02. The number of aryl methyl sites for hydroxylation is 1. The van der Waals surface area contributed by atoms with Gasteiger partial charge in [0, 0.05) is 21.7 Å². The number of hydrogen-bond donors (Lipinski definition) is 2. The number of halogens is 1. The molecule has 2 N–H and O–H groups in total. The van der Waals surface area contributed by atoms with Crippen molar-refractivity contribution in [3.63, 3.8) is 0 Å². The second-order valence-corrected chi connectivity index (χ2v) is 5.11. The van der Waals surface area contributed by atoms with E-state index in [1.165, 1.54) is 11.3 Å². The summed E-state index contributed by atoms with van der Waals surface area (Å²) in [6.07, 6.45) is 3.44. The Kier molecular flexibility index (Phi) is 2.88. The summed E-state index contributed by atoms with van der Waals surface area (Å²) in [6.45, 7) is 1.94. The summed E-state index contributed by atoms with van der Waals surface area (Å²) >= 11 is 4.71. The van der Waals surface area contributed by atoms with Crippen molar-refractivity contribution in [2.24, 2.45) is 0 Å². The van der Waals surface area contributed by atoms with Gasteiger partial charge in [0.05, 0.1) is 0 Å². The molecule has 2 aromatic heterocycles. The number of carbonyl (C=O) groups is 1. The highest BCUT2D eigenvalue weighted by Crippen LogP contribution is 2.18. The van der Waals surface area contributed by atoms with Crippen LogP contribution in [-0.4, -0.2) is 15.9 Å². The van der Waals surface area contributed by atoms with E-state index in [0.717, 1.165) is 9.35 Å². The van der Waals surface area contributed by atoms with Gasteiger partial charge in [-0.15, -0.1) is 11.3 Å². The van der Waals surface area contributed by atoms with Gasteiger partial charge in [-0.2, -0.15) is 0 Å². The van der Waals surface area contributed by atoms with Crippen molar-refractivity contribution in [1.29, 1.82) is 0 Å². The van der Waals surface area contributed by atoms with Gasteiger partial charge < -0.3 is 4.98 Å². The molecule has 0 aliphatic rings. The van der Waals surface area contributed by atoms with E-state index in [9.17, 15) is 4.79 Å². The number of amides is 1. The van der Waals surface area contributed by atoms with Gasteiger partial charge in [0.2, 0.25) is 0 Å². The van der Waals surface area contributed by atoms with Crippen molar-refractivity contribution in [2.45, 2.75) is 6.92 Å². The normalized spacial score (nSPS) is 10.3. The molecule has 78 valence electrons. The van der Waals surface area contributed by atoms with Gasteiger partial charge in [-0.1, -0.05) is 0 Å². The van der Waals surface area contributed by atoms with Gasteiger partial charge in [0.25, 0.3) is 5.91 Å². The maximum absolute atomic E-state index is 11.6. The van der Waals surface area contributed by atoms with Gasteiger partial charge in [-0.05, 0) is 28.9 Å². The smallest absolute Gasteiger partial charge is 0.273 e. The second-order valence-electron chi connectivity index (χ2n) is 2.96. The average Bonchev–Trinajstić information content (AvgIpc) is 2.75. The van der Waals surface area contributed by atoms with E-state index in [-0.39, 0.29) is 5.91 Å². The van der Waals surface area contributed by atoms with E-state index < -0.39 is 0 Å². The van der Waals surface area contributed by atoms with Gasteiger partial charge in [0.1, 0.15) is 5.69 Å². The Morgan fingerprint density at radius 1 is 1.67 bits per heavy atom. The highest BCUT2D eigenvalue weighted by atomic mass is 79.9. The number of aromatic amines is 1. The second kappa shape index (κ2) is 4.16. The highest BCUT2D eigenvalue weighted by molar-refractivity contribution is 9.10. The quantitative estimate of drug-likeness (QED) is 0.891. The number of H-pyrrole nitrogens is 1. The lowest BCUT2D eigenvalue weighted by Gasteiger charge is -1.97. The fraction of sp³-hybridized carbons (Fsp3) is 0.111. The zero-order chi connectivity index (χ0) is 10.8. The molecule has 0 aliphatic heterocycles. The number of carbonyl (C=O) groups excluding carboxylic acids is 1. The first kappa shape index (κ1) is 10.4. The van der Waals surface area contributed by atoms with E-state index in [4.69, 9.17) is 0 Å². The highest BCUT2D eigenvalue weighted by Gasteiger charge is 2.09. The molecule has 1 amide bonds. The van der Waals surface area contributed by atoms with Crippen molar-refractivity contribution in [3.05, 3.63) is 33.5 Å². The molecule has 6 heteroatoms. The van der Waals surface area contributed by atoms with Crippen LogP contribution in [-0.2, 0) is 0 Å². The van der Waals surface area contributed by atoms with Crippen LogP contribution in [0.5, 0.6) is 0 Å². The van der Waals surface area contributed by atoms with Crippen LogP contribution in [0, 0.1) is 6.92 Å². The van der Waals surface area contributed by atoms with E-state index >= 15 is 0 Å². The lowest BCUT2D eigenvalue weighted by Crippen LogP contribution is -2.11. The topological polar surface area (TPSA) is 57.8 Å². The SMILES string of the molecule is Cc1cnc(NC(=O)c2cc(Br)c[nH]2)s1. The molecule has 0 fully saturated rings. The van der Waals surface area contributed by atoms with E-state index in [1.54, 1.807) is 18.5 Å². The van der Waals surface area contributed by atoms with Crippen LogP contribution in [0.1, 0.15) is 15.4 Å². The first-order valence-corrected chi connectivity index (χ1v) is 5.84. The molecular formula is C9H8BrN3OS. The number of thiazole rings is 1. The molecule has 0 atom stereocenters. The lowest BCUT2D eigenvalue weighted by molar-refractivity contribution is 0.102. The summed E-state index contributed by atoms with van der Waals surface area (Å²) in [6, 6.07) is 1.72. The van der Waals surface area contributed by atoms with Crippen molar-refractivity contribution in [1.82, 2.24) is 9.97 Å². The maximum Gasteiger partial charge on any atom is 0.273 e. The molecule has 15 heavy (non-hydrogen) atoms. The third kappa shape index (κ3) is 2.45. The van der Waals surface area contributed by atoms with Crippen LogP contribution in [0.3, 0.4) is 0 Å². The van der Waals surface area contributed by atoms with Crippen LogP contribution in [0.2, 0.25) is 0 Å². The van der Waals surface area contributed by atoms with Crippen molar-refractivity contribution >= 4 is 38.3 Å². The van der Waals surface area contributed by atoms with Gasteiger partial charge in [-0.25, -0.2) is 4.98 Å². The predicted octanol–water partition coefficient (Wildman–Crippen LogP) is 2.79. The van der Waals surface area contributed by atoms with Crippen LogP contribution >= 0.6 is 27.3 Å². The lowest BCUT2D eigenvalue weighted by atomic mass is 10.4. The zero-order valence-electron chi connectivity index (χ0n) is 7.87. The van der Waals surface area contributed by atoms with Crippen LogP contribution in [0.15, 0.2) is 22.9 Å². The Labute approximate surface area is 98.9 Å². The van der Waals surface area contributed by atoms with E-state index in [1.807, 2.05) is 6.92 Å². The summed E-state index contributed by atoms with van der Waals surface area (Å²) < 4.78 is 0.850. The first-order chi connectivity index (χ1) is 7.15. The number of rotatable bonds is 2. The van der Waals surface area contributed by atoms with E-state index in [2.05, 4.69) is 31.2 Å². The van der Waals surface area contributed by atoms with Crippen molar-refractivity contribution in [3.8, 4) is 0 Å². The Morgan fingerprint density at radius 2 is 2.47 bits per heavy atom. The summed E-state index contributed by atoms with van der Waals surface area (Å²) in [7, 11) is 0. The largest absolute Gasteiger partial charge is 0.356 e. The Hall–Kier alpha value is -1.14. The van der Waals surface area contributed by atoms with Crippen LogP contribution < -0.4 is 5.32 Å². The van der Waals surface area contributed by atoms with Crippen molar-refractivity contribution < 1.29 is 4.79 Å². The van der Waals surface area contributed by atoms with Gasteiger partial charge in [-0.3, -0.25) is 10.1 Å². The predicted molar refractivity (Wildman–Crippen MR) is 63.3 cm³/mol. The third-order valence-electron chi connectivity index (χ3n) is 1.73. The Morgan fingerprint density at radius 3 is 3.00 bits per heavy atom.